The minimum atomic E-state index is -3.40. The molecule has 1 spiro atoms. The second-order valence-electron chi connectivity index (χ2n) is 7.44. The van der Waals surface area contributed by atoms with Gasteiger partial charge in [-0.25, -0.2) is 8.42 Å². The number of hydrogen-bond acceptors (Lipinski definition) is 6. The monoisotopic (exact) mass is 402 g/mol. The highest BCUT2D eigenvalue weighted by atomic mass is 32.2. The SMILES string of the molecule is Cc1cnc(CNC(=O)C2CC3(CO2)CN(S(C)(=O)=O)c2ccccc23)cn1. The third kappa shape index (κ3) is 3.35. The number of aryl methyl sites for hydroxylation is 1. The summed E-state index contributed by atoms with van der Waals surface area (Å²) in [6.07, 6.45) is 4.28. The molecule has 0 aliphatic carbocycles. The molecule has 1 fully saturated rings. The van der Waals surface area contributed by atoms with Gasteiger partial charge >= 0.3 is 0 Å². The molecular formula is C19H22N4O4S. The fourth-order valence-electron chi connectivity index (χ4n) is 3.88. The van der Waals surface area contributed by atoms with Crippen LogP contribution in [0.2, 0.25) is 0 Å². The fourth-order valence-corrected chi connectivity index (χ4v) is 4.88. The summed E-state index contributed by atoms with van der Waals surface area (Å²) >= 11 is 0. The van der Waals surface area contributed by atoms with Crippen LogP contribution in [0.3, 0.4) is 0 Å². The number of nitrogens with zero attached hydrogens (tertiary/aromatic N) is 3. The summed E-state index contributed by atoms with van der Waals surface area (Å²) in [6.45, 7) is 2.71. The Kier molecular flexibility index (Phi) is 4.59. The summed E-state index contributed by atoms with van der Waals surface area (Å²) < 4.78 is 31.7. The predicted molar refractivity (Wildman–Crippen MR) is 103 cm³/mol. The standard InChI is InChI=1S/C19H22N4O4S/c1-13-8-21-14(9-20-13)10-22-18(24)17-7-19(12-27-17)11-23(28(2,25)26)16-6-4-3-5-15(16)19/h3-6,8-9,17H,7,10-12H2,1-2H3,(H,22,24). The second-order valence-corrected chi connectivity index (χ2v) is 9.34. The van der Waals surface area contributed by atoms with Crippen LogP contribution >= 0.6 is 0 Å². The molecule has 1 aromatic carbocycles. The number of carbonyl (C=O) groups is 1. The zero-order valence-corrected chi connectivity index (χ0v) is 16.6. The van der Waals surface area contributed by atoms with Crippen molar-refractivity contribution in [3.8, 4) is 0 Å². The normalized spacial score (nSPS) is 23.8. The topological polar surface area (TPSA) is 101 Å². The van der Waals surface area contributed by atoms with E-state index in [4.69, 9.17) is 4.74 Å². The van der Waals surface area contributed by atoms with Crippen molar-refractivity contribution in [1.82, 2.24) is 15.3 Å². The van der Waals surface area contributed by atoms with E-state index >= 15 is 0 Å². The van der Waals surface area contributed by atoms with Gasteiger partial charge < -0.3 is 10.1 Å². The molecule has 28 heavy (non-hydrogen) atoms. The first-order valence-corrected chi connectivity index (χ1v) is 10.9. The Morgan fingerprint density at radius 2 is 2.11 bits per heavy atom. The van der Waals surface area contributed by atoms with Gasteiger partial charge in [-0.05, 0) is 25.0 Å². The van der Waals surface area contributed by atoms with Crippen LogP contribution in [-0.4, -0.2) is 49.8 Å². The number of hydrogen-bond donors (Lipinski definition) is 1. The number of sulfonamides is 1. The van der Waals surface area contributed by atoms with Gasteiger partial charge in [0, 0.05) is 18.2 Å². The van der Waals surface area contributed by atoms with Gasteiger partial charge in [-0.3, -0.25) is 19.1 Å². The summed E-state index contributed by atoms with van der Waals surface area (Å²) in [5.74, 6) is -0.227. The number of para-hydroxylation sites is 1. The first-order chi connectivity index (χ1) is 13.3. The van der Waals surface area contributed by atoms with Crippen molar-refractivity contribution in [2.24, 2.45) is 0 Å². The molecule has 148 valence electrons. The Morgan fingerprint density at radius 3 is 2.82 bits per heavy atom. The molecule has 1 amide bonds. The van der Waals surface area contributed by atoms with Gasteiger partial charge in [0.15, 0.2) is 0 Å². The van der Waals surface area contributed by atoms with Gasteiger partial charge in [0.2, 0.25) is 15.9 Å². The van der Waals surface area contributed by atoms with Gasteiger partial charge in [-0.15, -0.1) is 0 Å². The van der Waals surface area contributed by atoms with Crippen molar-refractivity contribution in [3.05, 3.63) is 53.6 Å². The Balaban J connectivity index is 1.49. The van der Waals surface area contributed by atoms with Gasteiger partial charge in [-0.1, -0.05) is 18.2 Å². The van der Waals surface area contributed by atoms with Crippen LogP contribution in [-0.2, 0) is 31.5 Å². The van der Waals surface area contributed by atoms with Gasteiger partial charge in [0.25, 0.3) is 0 Å². The average molecular weight is 402 g/mol. The van der Waals surface area contributed by atoms with Crippen molar-refractivity contribution in [3.63, 3.8) is 0 Å². The van der Waals surface area contributed by atoms with E-state index in [0.29, 0.717) is 31.0 Å². The van der Waals surface area contributed by atoms with Gasteiger partial charge in [-0.2, -0.15) is 0 Å². The van der Waals surface area contributed by atoms with Crippen molar-refractivity contribution in [2.45, 2.75) is 31.4 Å². The minimum absolute atomic E-state index is 0.227. The first-order valence-electron chi connectivity index (χ1n) is 9.03. The quantitative estimate of drug-likeness (QED) is 0.816. The van der Waals surface area contributed by atoms with Crippen LogP contribution in [0.5, 0.6) is 0 Å². The maximum atomic E-state index is 12.6. The van der Waals surface area contributed by atoms with E-state index in [1.165, 1.54) is 10.6 Å². The second kappa shape index (κ2) is 6.82. The Morgan fingerprint density at radius 1 is 1.32 bits per heavy atom. The van der Waals surface area contributed by atoms with Crippen LogP contribution in [0.15, 0.2) is 36.7 Å². The van der Waals surface area contributed by atoms with E-state index < -0.39 is 21.5 Å². The highest BCUT2D eigenvalue weighted by Crippen LogP contribution is 2.48. The van der Waals surface area contributed by atoms with E-state index in [-0.39, 0.29) is 12.5 Å². The molecule has 0 saturated carbocycles. The number of nitrogens with one attached hydrogen (secondary N) is 1. The molecule has 2 aliphatic heterocycles. The maximum Gasteiger partial charge on any atom is 0.249 e. The number of fused-ring (bicyclic) bond motifs is 2. The van der Waals surface area contributed by atoms with Crippen molar-refractivity contribution in [2.75, 3.05) is 23.7 Å². The number of benzene rings is 1. The maximum absolute atomic E-state index is 12.6. The third-order valence-electron chi connectivity index (χ3n) is 5.30. The lowest BCUT2D eigenvalue weighted by molar-refractivity contribution is -0.130. The molecule has 0 radical (unpaired) electrons. The molecule has 1 N–H and O–H groups in total. The number of anilines is 1. The molecule has 2 aromatic rings. The first kappa shape index (κ1) is 18.8. The molecule has 8 nitrogen and oxygen atoms in total. The molecule has 9 heteroatoms. The lowest BCUT2D eigenvalue weighted by atomic mass is 9.80. The molecule has 4 rings (SSSR count). The molecular weight excluding hydrogens is 380 g/mol. The molecule has 1 aromatic heterocycles. The predicted octanol–water partition coefficient (Wildman–Crippen LogP) is 0.908. The van der Waals surface area contributed by atoms with Crippen molar-refractivity contribution >= 4 is 21.6 Å². The minimum Gasteiger partial charge on any atom is -0.367 e. The number of carbonyl (C=O) groups excluding carboxylic acids is 1. The third-order valence-corrected chi connectivity index (χ3v) is 6.42. The van der Waals surface area contributed by atoms with E-state index in [1.807, 2.05) is 25.1 Å². The summed E-state index contributed by atoms with van der Waals surface area (Å²) in [4.78, 5) is 21.0. The Labute approximate surface area is 164 Å². The number of amides is 1. The highest BCUT2D eigenvalue weighted by molar-refractivity contribution is 7.92. The summed E-state index contributed by atoms with van der Waals surface area (Å²) in [7, 11) is -3.40. The lowest BCUT2D eigenvalue weighted by Crippen LogP contribution is -2.38. The van der Waals surface area contributed by atoms with Gasteiger partial charge in [0.05, 0.1) is 42.7 Å². The van der Waals surface area contributed by atoms with Crippen molar-refractivity contribution in [1.29, 1.82) is 0 Å². The van der Waals surface area contributed by atoms with E-state index in [2.05, 4.69) is 15.3 Å². The lowest BCUT2D eigenvalue weighted by Gasteiger charge is -2.23. The van der Waals surface area contributed by atoms with Crippen LogP contribution in [0.4, 0.5) is 5.69 Å². The summed E-state index contributed by atoms with van der Waals surface area (Å²) in [6, 6.07) is 7.43. The number of aromatic nitrogens is 2. The molecule has 3 heterocycles. The Bertz CT molecular complexity index is 1010. The van der Waals surface area contributed by atoms with Crippen LogP contribution in [0.1, 0.15) is 23.4 Å². The molecule has 2 unspecified atom stereocenters. The van der Waals surface area contributed by atoms with Crippen LogP contribution in [0, 0.1) is 6.92 Å². The summed E-state index contributed by atoms with van der Waals surface area (Å²) in [5.41, 5.74) is 2.56. The average Bonchev–Trinajstić information content (AvgIpc) is 3.24. The van der Waals surface area contributed by atoms with E-state index in [1.54, 1.807) is 18.5 Å². The largest absolute Gasteiger partial charge is 0.367 e. The Hall–Kier alpha value is -2.52. The van der Waals surface area contributed by atoms with Gasteiger partial charge in [0.1, 0.15) is 6.10 Å². The zero-order valence-electron chi connectivity index (χ0n) is 15.8. The number of rotatable bonds is 4. The zero-order chi connectivity index (χ0) is 19.9. The molecule has 1 saturated heterocycles. The van der Waals surface area contributed by atoms with Crippen LogP contribution in [0.25, 0.3) is 0 Å². The van der Waals surface area contributed by atoms with E-state index in [9.17, 15) is 13.2 Å². The van der Waals surface area contributed by atoms with Crippen LogP contribution < -0.4 is 9.62 Å². The molecule has 2 atom stereocenters. The smallest absolute Gasteiger partial charge is 0.249 e. The summed E-state index contributed by atoms with van der Waals surface area (Å²) in [5, 5.41) is 2.83. The van der Waals surface area contributed by atoms with E-state index in [0.717, 1.165) is 11.3 Å². The fraction of sp³-hybridized carbons (Fsp3) is 0.421. The molecule has 0 bridgehead atoms. The molecule has 2 aliphatic rings. The van der Waals surface area contributed by atoms with Crippen molar-refractivity contribution < 1.29 is 17.9 Å². The number of ether oxygens (including phenoxy) is 1. The highest BCUT2D eigenvalue weighted by Gasteiger charge is 2.52.